The molecule has 0 saturated carbocycles. The lowest BCUT2D eigenvalue weighted by Gasteiger charge is -1.99. The molecule has 0 radical (unpaired) electrons. The van der Waals surface area contributed by atoms with Crippen molar-refractivity contribution in [1.82, 2.24) is 9.38 Å². The first kappa shape index (κ1) is 17.9. The van der Waals surface area contributed by atoms with Crippen molar-refractivity contribution in [2.75, 3.05) is 0 Å². The van der Waals surface area contributed by atoms with Crippen LogP contribution in [0.25, 0.3) is 16.2 Å². The Balaban J connectivity index is 0.000000137. The molecule has 3 aromatic carbocycles. The topological polar surface area (TPSA) is 34.4 Å². The van der Waals surface area contributed by atoms with Crippen LogP contribution in [0.1, 0.15) is 15.9 Å². The molecule has 0 atom stereocenters. The number of rotatable bonds is 3. The number of hydrogen-bond donors (Lipinski definition) is 0. The van der Waals surface area contributed by atoms with Gasteiger partial charge in [-0.2, -0.15) is 0 Å². The van der Waals surface area contributed by atoms with E-state index in [0.717, 1.165) is 21.8 Å². The van der Waals surface area contributed by atoms with E-state index in [1.807, 2.05) is 94.8 Å². The van der Waals surface area contributed by atoms with Gasteiger partial charge in [-0.25, -0.2) is 4.98 Å². The number of carbonyl (C=O) groups is 1. The van der Waals surface area contributed by atoms with Crippen molar-refractivity contribution >= 4 is 22.1 Å². The highest BCUT2D eigenvalue weighted by molar-refractivity contribution is 7.15. The highest BCUT2D eigenvalue weighted by atomic mass is 32.1. The van der Waals surface area contributed by atoms with Crippen LogP contribution in [0, 0.1) is 0 Å². The molecule has 0 aliphatic heterocycles. The first-order valence-corrected chi connectivity index (χ1v) is 9.81. The number of hydrogen-bond acceptors (Lipinski definition) is 3. The molecule has 0 aliphatic rings. The summed E-state index contributed by atoms with van der Waals surface area (Å²) in [4.78, 5) is 17.4. The van der Waals surface area contributed by atoms with Crippen molar-refractivity contribution in [2.24, 2.45) is 0 Å². The third-order valence-electron chi connectivity index (χ3n) is 4.23. The minimum absolute atomic E-state index is 0.0752. The smallest absolute Gasteiger partial charge is 0.194 e. The first-order valence-electron chi connectivity index (χ1n) is 8.94. The van der Waals surface area contributed by atoms with Crippen LogP contribution in [0.3, 0.4) is 0 Å². The van der Waals surface area contributed by atoms with Gasteiger partial charge < -0.3 is 0 Å². The van der Waals surface area contributed by atoms with Crippen LogP contribution < -0.4 is 0 Å². The maximum absolute atomic E-state index is 11.8. The Hall–Kier alpha value is -3.50. The fraction of sp³-hybridized carbons (Fsp3) is 0. The number of aromatic nitrogens is 2. The van der Waals surface area contributed by atoms with E-state index in [2.05, 4.69) is 23.3 Å². The minimum atomic E-state index is 0.0752. The Kier molecular flexibility index (Phi) is 5.41. The molecule has 136 valence electrons. The summed E-state index contributed by atoms with van der Waals surface area (Å²) in [5, 5.41) is 2.04. The average molecular weight is 382 g/mol. The average Bonchev–Trinajstić information content (AvgIpc) is 3.38. The van der Waals surface area contributed by atoms with Gasteiger partial charge in [0, 0.05) is 34.5 Å². The fourth-order valence-corrected chi connectivity index (χ4v) is 3.52. The first-order chi connectivity index (χ1) is 13.8. The van der Waals surface area contributed by atoms with Gasteiger partial charge in [0.15, 0.2) is 10.7 Å². The summed E-state index contributed by atoms with van der Waals surface area (Å²) >= 11 is 1.65. The molecule has 0 amide bonds. The molecule has 28 heavy (non-hydrogen) atoms. The number of carbonyl (C=O) groups excluding carboxylic acids is 1. The van der Waals surface area contributed by atoms with E-state index in [0.29, 0.717) is 0 Å². The van der Waals surface area contributed by atoms with Gasteiger partial charge in [0.1, 0.15) is 0 Å². The van der Waals surface area contributed by atoms with Gasteiger partial charge in [0.05, 0.1) is 5.69 Å². The summed E-state index contributed by atoms with van der Waals surface area (Å²) in [6, 6.07) is 28.8. The zero-order chi connectivity index (χ0) is 19.2. The predicted octanol–water partition coefficient (Wildman–Crippen LogP) is 5.98. The SMILES string of the molecule is O=C(c1ccccc1)c1ccccc1.c1ccc(-c2cn3ccsc3n2)cc1. The van der Waals surface area contributed by atoms with E-state index in [4.69, 9.17) is 0 Å². The maximum atomic E-state index is 11.8. The van der Waals surface area contributed by atoms with Gasteiger partial charge >= 0.3 is 0 Å². The van der Waals surface area contributed by atoms with Crippen molar-refractivity contribution in [3.8, 4) is 11.3 Å². The zero-order valence-electron chi connectivity index (χ0n) is 15.1. The number of ketones is 1. The van der Waals surface area contributed by atoms with Gasteiger partial charge in [-0.05, 0) is 0 Å². The van der Waals surface area contributed by atoms with Crippen molar-refractivity contribution in [3.05, 3.63) is 120 Å². The summed E-state index contributed by atoms with van der Waals surface area (Å²) in [5.41, 5.74) is 3.68. The van der Waals surface area contributed by atoms with Crippen molar-refractivity contribution in [1.29, 1.82) is 0 Å². The van der Waals surface area contributed by atoms with Crippen LogP contribution in [0.2, 0.25) is 0 Å². The number of fused-ring (bicyclic) bond motifs is 1. The third kappa shape index (κ3) is 4.08. The van der Waals surface area contributed by atoms with Crippen molar-refractivity contribution in [2.45, 2.75) is 0 Å². The predicted molar refractivity (Wildman–Crippen MR) is 115 cm³/mol. The Labute approximate surface area is 167 Å². The van der Waals surface area contributed by atoms with Gasteiger partial charge in [0.2, 0.25) is 0 Å². The molecule has 0 spiro atoms. The van der Waals surface area contributed by atoms with Crippen LogP contribution in [0.15, 0.2) is 109 Å². The lowest BCUT2D eigenvalue weighted by Crippen LogP contribution is -1.99. The maximum Gasteiger partial charge on any atom is 0.194 e. The fourth-order valence-electron chi connectivity index (χ4n) is 2.82. The lowest BCUT2D eigenvalue weighted by molar-refractivity contribution is 0.103. The van der Waals surface area contributed by atoms with E-state index in [1.54, 1.807) is 11.3 Å². The minimum Gasteiger partial charge on any atom is -0.297 e. The molecule has 0 bridgehead atoms. The summed E-state index contributed by atoms with van der Waals surface area (Å²) < 4.78 is 2.05. The Morgan fingerprint density at radius 3 is 1.82 bits per heavy atom. The molecule has 0 N–H and O–H groups in total. The van der Waals surface area contributed by atoms with E-state index < -0.39 is 0 Å². The van der Waals surface area contributed by atoms with E-state index in [1.165, 1.54) is 5.56 Å². The van der Waals surface area contributed by atoms with Crippen molar-refractivity contribution in [3.63, 3.8) is 0 Å². The number of benzene rings is 3. The van der Waals surface area contributed by atoms with E-state index >= 15 is 0 Å². The van der Waals surface area contributed by atoms with Gasteiger partial charge in [-0.1, -0.05) is 91.0 Å². The largest absolute Gasteiger partial charge is 0.297 e. The monoisotopic (exact) mass is 382 g/mol. The van der Waals surface area contributed by atoms with Gasteiger partial charge in [-0.15, -0.1) is 11.3 Å². The van der Waals surface area contributed by atoms with Crippen LogP contribution in [0.4, 0.5) is 0 Å². The van der Waals surface area contributed by atoms with Crippen LogP contribution in [-0.4, -0.2) is 15.2 Å². The molecular formula is C24H18N2OS. The van der Waals surface area contributed by atoms with Crippen LogP contribution >= 0.6 is 11.3 Å². The molecule has 0 aliphatic carbocycles. The van der Waals surface area contributed by atoms with Crippen LogP contribution in [-0.2, 0) is 0 Å². The van der Waals surface area contributed by atoms with E-state index in [9.17, 15) is 4.79 Å². The summed E-state index contributed by atoms with van der Waals surface area (Å²) in [5.74, 6) is 0.0752. The highest BCUT2D eigenvalue weighted by Gasteiger charge is 2.06. The standard InChI is InChI=1S/C13H10O.C11H8N2S/c14-13(11-7-3-1-4-8-11)12-9-5-2-6-10-12;1-2-4-9(5-3-1)10-8-13-6-7-14-11(13)12-10/h1-10H;1-8H. The molecule has 0 unspecified atom stereocenters. The molecule has 3 nitrogen and oxygen atoms in total. The Bertz CT molecular complexity index is 1090. The molecular weight excluding hydrogens is 364 g/mol. The molecule has 2 heterocycles. The number of thiazole rings is 1. The second kappa shape index (κ2) is 8.46. The molecule has 5 aromatic rings. The normalized spacial score (nSPS) is 10.3. The Morgan fingerprint density at radius 1 is 0.750 bits per heavy atom. The summed E-state index contributed by atoms with van der Waals surface area (Å²) in [7, 11) is 0. The Morgan fingerprint density at radius 2 is 1.29 bits per heavy atom. The second-order valence-corrected chi connectivity index (χ2v) is 7.02. The number of imidazole rings is 1. The van der Waals surface area contributed by atoms with E-state index in [-0.39, 0.29) is 5.78 Å². The molecule has 2 aromatic heterocycles. The number of nitrogens with zero attached hydrogens (tertiary/aromatic N) is 2. The zero-order valence-corrected chi connectivity index (χ0v) is 15.9. The molecule has 0 fully saturated rings. The third-order valence-corrected chi connectivity index (χ3v) is 5.01. The lowest BCUT2D eigenvalue weighted by atomic mass is 10.0. The van der Waals surface area contributed by atoms with Crippen molar-refractivity contribution < 1.29 is 4.79 Å². The van der Waals surface area contributed by atoms with Crippen LogP contribution in [0.5, 0.6) is 0 Å². The quantitative estimate of drug-likeness (QED) is 0.360. The summed E-state index contributed by atoms with van der Waals surface area (Å²) in [6.45, 7) is 0. The van der Waals surface area contributed by atoms with Gasteiger partial charge in [0.25, 0.3) is 0 Å². The highest BCUT2D eigenvalue weighted by Crippen LogP contribution is 2.20. The molecule has 0 saturated heterocycles. The van der Waals surface area contributed by atoms with Gasteiger partial charge in [-0.3, -0.25) is 9.20 Å². The molecule has 4 heteroatoms. The second-order valence-electron chi connectivity index (χ2n) is 6.15. The summed E-state index contributed by atoms with van der Waals surface area (Å²) in [6.07, 6.45) is 4.08. The molecule has 5 rings (SSSR count).